The summed E-state index contributed by atoms with van der Waals surface area (Å²) < 4.78 is 5.44. The van der Waals surface area contributed by atoms with E-state index in [0.29, 0.717) is 24.1 Å². The van der Waals surface area contributed by atoms with Gasteiger partial charge in [-0.15, -0.1) is 0 Å². The van der Waals surface area contributed by atoms with E-state index in [4.69, 9.17) is 10.5 Å². The molecule has 0 aliphatic heterocycles. The van der Waals surface area contributed by atoms with Gasteiger partial charge in [0.15, 0.2) is 0 Å². The van der Waals surface area contributed by atoms with E-state index in [1.165, 1.54) is 32.1 Å². The van der Waals surface area contributed by atoms with E-state index in [1.54, 1.807) is 24.3 Å². The average molecular weight is 328 g/mol. The van der Waals surface area contributed by atoms with Crippen LogP contribution in [-0.4, -0.2) is 18.6 Å². The Morgan fingerprint density at radius 3 is 2.62 bits per heavy atom. The van der Waals surface area contributed by atoms with Crippen LogP contribution in [-0.2, 0) is 4.79 Å². The predicted molar refractivity (Wildman–Crippen MR) is 99.8 cm³/mol. The third kappa shape index (κ3) is 6.11. The number of nitrogen functional groups attached to an aromatic ring is 1. The highest BCUT2D eigenvalue weighted by Gasteiger charge is 2.12. The van der Waals surface area contributed by atoms with Crippen LogP contribution in [0.5, 0.6) is 5.75 Å². The van der Waals surface area contributed by atoms with E-state index in [1.807, 2.05) is 12.1 Å². The number of carbonyl (C=O) groups excluding carboxylic acids is 1. The highest BCUT2D eigenvalue weighted by atomic mass is 16.5. The largest absolute Gasteiger partial charge is 0.487 e. The molecule has 4 nitrogen and oxygen atoms in total. The molecule has 1 aromatic carbocycles. The van der Waals surface area contributed by atoms with Crippen LogP contribution in [0, 0.1) is 0 Å². The Hall–Kier alpha value is -2.23. The van der Waals surface area contributed by atoms with Gasteiger partial charge in [0, 0.05) is 12.1 Å². The van der Waals surface area contributed by atoms with Gasteiger partial charge in [-0.1, -0.05) is 50.8 Å². The molecule has 0 spiro atoms. The van der Waals surface area contributed by atoms with Gasteiger partial charge in [0.25, 0.3) is 0 Å². The van der Waals surface area contributed by atoms with Crippen molar-refractivity contribution in [3.05, 3.63) is 42.5 Å². The summed E-state index contributed by atoms with van der Waals surface area (Å²) in [4.78, 5) is 12.1. The molecule has 3 N–H and O–H groups in total. The van der Waals surface area contributed by atoms with Crippen molar-refractivity contribution in [1.82, 2.24) is 5.32 Å². The van der Waals surface area contributed by atoms with E-state index in [2.05, 4.69) is 11.9 Å². The molecule has 0 aromatic heterocycles. The molecule has 1 aromatic rings. The fourth-order valence-corrected chi connectivity index (χ4v) is 2.97. The highest BCUT2D eigenvalue weighted by molar-refractivity contribution is 5.92. The fourth-order valence-electron chi connectivity index (χ4n) is 2.97. The fraction of sp³-hybridized carbons (Fsp3) is 0.450. The molecule has 0 unspecified atom stereocenters. The van der Waals surface area contributed by atoms with Crippen LogP contribution in [0.2, 0.25) is 0 Å². The van der Waals surface area contributed by atoms with Crippen LogP contribution in [0.4, 0.5) is 5.69 Å². The van der Waals surface area contributed by atoms with Gasteiger partial charge in [0.1, 0.15) is 12.4 Å². The van der Waals surface area contributed by atoms with Gasteiger partial charge in [-0.3, -0.25) is 4.79 Å². The first-order valence-corrected chi connectivity index (χ1v) is 8.81. The third-order valence-corrected chi connectivity index (χ3v) is 4.27. The maximum Gasteiger partial charge on any atom is 0.244 e. The average Bonchev–Trinajstić information content (AvgIpc) is 2.54. The van der Waals surface area contributed by atoms with E-state index in [0.717, 1.165) is 18.4 Å². The zero-order valence-corrected chi connectivity index (χ0v) is 14.3. The number of amides is 1. The number of ether oxygens (including phenoxy) is 1. The lowest BCUT2D eigenvalue weighted by atomic mass is 9.97. The quantitative estimate of drug-likeness (QED) is 0.470. The summed E-state index contributed by atoms with van der Waals surface area (Å²) in [7, 11) is 0. The second-order valence-electron chi connectivity index (χ2n) is 6.28. The molecule has 24 heavy (non-hydrogen) atoms. The van der Waals surface area contributed by atoms with Crippen LogP contribution in [0.1, 0.15) is 50.5 Å². The van der Waals surface area contributed by atoms with Crippen molar-refractivity contribution in [3.63, 3.8) is 0 Å². The number of nitrogens with one attached hydrogen (secondary N) is 1. The SMILES string of the molecule is C=CCOc1ccc(/C=C\C(=O)NC2CCCCCCC2)cc1N. The molecule has 0 radical (unpaired) electrons. The second-order valence-corrected chi connectivity index (χ2v) is 6.28. The first kappa shape index (κ1) is 18.1. The zero-order chi connectivity index (χ0) is 17.2. The van der Waals surface area contributed by atoms with Gasteiger partial charge in [0.2, 0.25) is 5.91 Å². The molecule has 130 valence electrons. The molecular formula is C20H28N2O2. The first-order valence-electron chi connectivity index (χ1n) is 8.81. The monoisotopic (exact) mass is 328 g/mol. The Morgan fingerprint density at radius 1 is 1.25 bits per heavy atom. The smallest absolute Gasteiger partial charge is 0.244 e. The van der Waals surface area contributed by atoms with Gasteiger partial charge >= 0.3 is 0 Å². The van der Waals surface area contributed by atoms with Gasteiger partial charge in [0.05, 0.1) is 5.69 Å². The Kier molecular flexibility index (Phi) is 7.40. The number of rotatable bonds is 6. The topological polar surface area (TPSA) is 64.3 Å². The number of nitrogens with two attached hydrogens (primary N) is 1. The standard InChI is InChI=1S/C20H28N2O2/c1-2-14-24-19-12-10-16(15-18(19)21)11-13-20(23)22-17-8-6-4-3-5-7-9-17/h2,10-13,15,17H,1,3-9,14,21H2,(H,22,23)/b13-11-. The molecule has 1 aliphatic rings. The zero-order valence-electron chi connectivity index (χ0n) is 14.3. The summed E-state index contributed by atoms with van der Waals surface area (Å²) in [6, 6.07) is 5.81. The molecular weight excluding hydrogens is 300 g/mol. The molecule has 1 aliphatic carbocycles. The van der Waals surface area contributed by atoms with Gasteiger partial charge in [-0.05, 0) is 36.6 Å². The molecule has 1 amide bonds. The molecule has 0 heterocycles. The number of hydrogen-bond donors (Lipinski definition) is 2. The summed E-state index contributed by atoms with van der Waals surface area (Å²) >= 11 is 0. The summed E-state index contributed by atoms with van der Waals surface area (Å²) in [6.07, 6.45) is 13.5. The molecule has 2 rings (SSSR count). The van der Waals surface area contributed by atoms with Crippen molar-refractivity contribution >= 4 is 17.7 Å². The van der Waals surface area contributed by atoms with Crippen molar-refractivity contribution in [2.24, 2.45) is 0 Å². The third-order valence-electron chi connectivity index (χ3n) is 4.27. The Morgan fingerprint density at radius 2 is 1.96 bits per heavy atom. The highest BCUT2D eigenvalue weighted by Crippen LogP contribution is 2.23. The summed E-state index contributed by atoms with van der Waals surface area (Å²) in [5.74, 6) is 0.595. The van der Waals surface area contributed by atoms with E-state index < -0.39 is 0 Å². The number of hydrogen-bond acceptors (Lipinski definition) is 3. The van der Waals surface area contributed by atoms with Crippen molar-refractivity contribution in [2.45, 2.75) is 51.0 Å². The van der Waals surface area contributed by atoms with Gasteiger partial charge < -0.3 is 15.8 Å². The Labute approximate surface area is 144 Å². The van der Waals surface area contributed by atoms with Crippen molar-refractivity contribution in [3.8, 4) is 5.75 Å². The van der Waals surface area contributed by atoms with Crippen molar-refractivity contribution in [1.29, 1.82) is 0 Å². The van der Waals surface area contributed by atoms with Crippen LogP contribution >= 0.6 is 0 Å². The molecule has 0 atom stereocenters. The molecule has 0 saturated heterocycles. The number of anilines is 1. The van der Waals surface area contributed by atoms with Crippen molar-refractivity contribution in [2.75, 3.05) is 12.3 Å². The Bertz CT molecular complexity index is 573. The molecule has 0 bridgehead atoms. The summed E-state index contributed by atoms with van der Waals surface area (Å²) in [5.41, 5.74) is 7.39. The van der Waals surface area contributed by atoms with Crippen LogP contribution < -0.4 is 15.8 Å². The summed E-state index contributed by atoms with van der Waals surface area (Å²) in [6.45, 7) is 4.03. The van der Waals surface area contributed by atoms with Crippen molar-refractivity contribution < 1.29 is 9.53 Å². The first-order chi connectivity index (χ1) is 11.7. The number of carbonyl (C=O) groups is 1. The summed E-state index contributed by atoms with van der Waals surface area (Å²) in [5, 5.41) is 3.12. The molecule has 4 heteroatoms. The van der Waals surface area contributed by atoms with Gasteiger partial charge in [-0.25, -0.2) is 0 Å². The lowest BCUT2D eigenvalue weighted by Gasteiger charge is -2.20. The second kappa shape index (κ2) is 9.81. The maximum atomic E-state index is 12.1. The lowest BCUT2D eigenvalue weighted by Crippen LogP contribution is -2.34. The Balaban J connectivity index is 1.88. The predicted octanol–water partition coefficient (Wildman–Crippen LogP) is 4.08. The lowest BCUT2D eigenvalue weighted by molar-refractivity contribution is -0.117. The van der Waals surface area contributed by atoms with E-state index in [-0.39, 0.29) is 5.91 Å². The minimum absolute atomic E-state index is 0.0360. The minimum atomic E-state index is -0.0360. The maximum absolute atomic E-state index is 12.1. The normalized spacial score (nSPS) is 16.3. The molecule has 1 saturated carbocycles. The van der Waals surface area contributed by atoms with Gasteiger partial charge in [-0.2, -0.15) is 0 Å². The van der Waals surface area contributed by atoms with Crippen LogP contribution in [0.3, 0.4) is 0 Å². The van der Waals surface area contributed by atoms with E-state index >= 15 is 0 Å². The number of benzene rings is 1. The molecule has 1 fully saturated rings. The van der Waals surface area contributed by atoms with Crippen LogP contribution in [0.15, 0.2) is 36.9 Å². The van der Waals surface area contributed by atoms with Crippen LogP contribution in [0.25, 0.3) is 6.08 Å². The van der Waals surface area contributed by atoms with E-state index in [9.17, 15) is 4.79 Å². The minimum Gasteiger partial charge on any atom is -0.487 e.